The summed E-state index contributed by atoms with van der Waals surface area (Å²) in [6, 6.07) is 19.6. The molecule has 0 saturated carbocycles. The number of hydrogen-bond donors (Lipinski definition) is 1. The zero-order chi connectivity index (χ0) is 32.7. The number of anilines is 1. The Kier molecular flexibility index (Phi) is 8.17. The molecule has 0 fully saturated rings. The van der Waals surface area contributed by atoms with Gasteiger partial charge in [0.15, 0.2) is 16.6 Å². The van der Waals surface area contributed by atoms with Gasteiger partial charge in [-0.3, -0.25) is 14.4 Å². The summed E-state index contributed by atoms with van der Waals surface area (Å²) < 4.78 is 2.66. The van der Waals surface area contributed by atoms with E-state index in [0.29, 0.717) is 16.3 Å². The molecule has 2 atom stereocenters. The van der Waals surface area contributed by atoms with E-state index in [4.69, 9.17) is 0 Å². The van der Waals surface area contributed by atoms with Gasteiger partial charge in [0, 0.05) is 32.8 Å². The predicted octanol–water partition coefficient (Wildman–Crippen LogP) is 5.78. The van der Waals surface area contributed by atoms with E-state index >= 15 is 0 Å². The van der Waals surface area contributed by atoms with E-state index in [0.717, 1.165) is 48.4 Å². The number of fused-ring (bicyclic) bond motifs is 6. The van der Waals surface area contributed by atoms with E-state index in [1.54, 1.807) is 23.2 Å². The Balaban J connectivity index is 0.000000151. The molecule has 0 radical (unpaired) electrons. The normalized spacial score (nSPS) is 16.1. The second-order valence-electron chi connectivity index (χ2n) is 11.3. The molecule has 47 heavy (non-hydrogen) atoms. The van der Waals surface area contributed by atoms with Crippen molar-refractivity contribution in [2.75, 3.05) is 5.32 Å². The maximum Gasteiger partial charge on any atom is 0.246 e. The van der Waals surface area contributed by atoms with Crippen LogP contribution in [0.5, 0.6) is 0 Å². The average molecular weight is 704 g/mol. The van der Waals surface area contributed by atoms with Gasteiger partial charge >= 0.3 is 0 Å². The first kappa shape index (κ1) is 30.5. The molecular formula is C36H27BrN6O3S. The van der Waals surface area contributed by atoms with E-state index in [9.17, 15) is 14.4 Å². The number of carbonyl (C=O) groups is 3. The number of nitrogens with one attached hydrogen (secondary N) is 1. The van der Waals surface area contributed by atoms with Crippen LogP contribution in [0.2, 0.25) is 0 Å². The van der Waals surface area contributed by atoms with Crippen LogP contribution in [0.15, 0.2) is 89.4 Å². The number of Topliss-reactive ketones (excluding diaryl/α,β-unsaturated/α-hetero) is 2. The van der Waals surface area contributed by atoms with Gasteiger partial charge in [0.1, 0.15) is 24.2 Å². The maximum absolute atomic E-state index is 12.4. The molecule has 1 amide bonds. The first-order chi connectivity index (χ1) is 22.8. The molecule has 3 aromatic heterocycles. The van der Waals surface area contributed by atoms with Crippen LogP contribution in [-0.4, -0.2) is 42.0 Å². The number of ketones is 2. The third-order valence-electron chi connectivity index (χ3n) is 8.35. The number of imidazole rings is 1. The van der Waals surface area contributed by atoms with Crippen LogP contribution in [-0.2, 0) is 16.1 Å². The largest absolute Gasteiger partial charge is 0.318 e. The van der Waals surface area contributed by atoms with Crippen LogP contribution in [0.25, 0.3) is 45.7 Å². The first-order valence-electron chi connectivity index (χ1n) is 14.9. The number of benzene rings is 3. The highest BCUT2D eigenvalue weighted by molar-refractivity contribution is 9.10. The van der Waals surface area contributed by atoms with E-state index in [1.807, 2.05) is 86.0 Å². The Morgan fingerprint density at radius 3 is 2.51 bits per heavy atom. The molecule has 9 nitrogen and oxygen atoms in total. The maximum atomic E-state index is 12.4. The smallest absolute Gasteiger partial charge is 0.246 e. The van der Waals surface area contributed by atoms with E-state index in [1.165, 1.54) is 17.7 Å². The highest BCUT2D eigenvalue weighted by Gasteiger charge is 2.27. The third-order valence-corrected chi connectivity index (χ3v) is 9.80. The lowest BCUT2D eigenvalue weighted by atomic mass is 9.79. The van der Waals surface area contributed by atoms with Crippen molar-refractivity contribution in [2.45, 2.75) is 26.3 Å². The van der Waals surface area contributed by atoms with Crippen LogP contribution < -0.4 is 15.8 Å². The Morgan fingerprint density at radius 1 is 0.936 bits per heavy atom. The van der Waals surface area contributed by atoms with Crippen molar-refractivity contribution in [3.8, 4) is 22.4 Å². The van der Waals surface area contributed by atoms with E-state index in [-0.39, 0.29) is 35.9 Å². The Hall–Kier alpha value is -5.13. The molecule has 0 bridgehead atoms. The fraction of sp³-hybridized carbons (Fsp3) is 0.139. The number of nitrogens with zero attached hydrogens (tertiary/aromatic N) is 5. The standard InChI is InChI=1S/C20H16O2.C16H11BrN6OS/c1-11-9-17-13(12(2)20(11)22)7-8-15-14-5-3-4-6-16(14)19(21)10-18(15)17;17-11-4-2-1-3-10(11)12-7-25-16(21-12)22-14(24)6-23-9-20-15-13(23)5-18-8-19-15/h3-12H,1-2H3;1-5,7-9H,6H2,(H,21,22,24). The molecule has 0 aliphatic heterocycles. The molecule has 2 aliphatic carbocycles. The van der Waals surface area contributed by atoms with Gasteiger partial charge in [-0.2, -0.15) is 0 Å². The highest BCUT2D eigenvalue weighted by atomic mass is 79.9. The molecule has 1 N–H and O–H groups in total. The molecule has 232 valence electrons. The van der Waals surface area contributed by atoms with Crippen LogP contribution in [0.1, 0.15) is 35.7 Å². The van der Waals surface area contributed by atoms with E-state index in [2.05, 4.69) is 41.2 Å². The topological polar surface area (TPSA) is 120 Å². The number of amides is 1. The predicted molar refractivity (Wildman–Crippen MR) is 186 cm³/mol. The molecule has 3 aromatic carbocycles. The van der Waals surface area contributed by atoms with Crippen LogP contribution in [0.4, 0.5) is 5.13 Å². The van der Waals surface area contributed by atoms with Gasteiger partial charge in [-0.1, -0.05) is 90.5 Å². The zero-order valence-electron chi connectivity index (χ0n) is 25.3. The second-order valence-corrected chi connectivity index (χ2v) is 13.0. The van der Waals surface area contributed by atoms with Crippen molar-refractivity contribution < 1.29 is 14.4 Å². The van der Waals surface area contributed by atoms with Crippen LogP contribution in [0, 0.1) is 5.92 Å². The van der Waals surface area contributed by atoms with Gasteiger partial charge in [0.2, 0.25) is 5.91 Å². The SMILES string of the molecule is CC1C=c2c(ccc3c2=CC(=O)c2ccccc2-3)C(C)C1=O.O=C(Cn1cnc2ncncc21)Nc1nc(-c2ccccc2Br)cs1. The molecule has 6 aromatic rings. The molecule has 2 aliphatic rings. The van der Waals surface area contributed by atoms with Crippen molar-refractivity contribution in [3.63, 3.8) is 0 Å². The minimum Gasteiger partial charge on any atom is -0.318 e. The summed E-state index contributed by atoms with van der Waals surface area (Å²) in [5, 5.41) is 7.30. The lowest BCUT2D eigenvalue weighted by molar-refractivity contribution is -0.122. The summed E-state index contributed by atoms with van der Waals surface area (Å²) in [5.41, 5.74) is 6.93. The minimum absolute atomic E-state index is 0.0436. The number of halogens is 1. The summed E-state index contributed by atoms with van der Waals surface area (Å²) >= 11 is 4.90. The Labute approximate surface area is 281 Å². The quantitative estimate of drug-likeness (QED) is 0.247. The fourth-order valence-corrected chi connectivity index (χ4v) is 7.21. The van der Waals surface area contributed by atoms with Gasteiger partial charge < -0.3 is 9.88 Å². The summed E-state index contributed by atoms with van der Waals surface area (Å²) in [5.74, 6) is -0.107. The van der Waals surface area contributed by atoms with Gasteiger partial charge in [0.05, 0.1) is 18.2 Å². The summed E-state index contributed by atoms with van der Waals surface area (Å²) in [6.45, 7) is 4.00. The molecule has 3 heterocycles. The van der Waals surface area contributed by atoms with Crippen LogP contribution >= 0.6 is 27.3 Å². The van der Waals surface area contributed by atoms with Crippen molar-refractivity contribution in [3.05, 3.63) is 111 Å². The van der Waals surface area contributed by atoms with Gasteiger partial charge in [0.25, 0.3) is 0 Å². The minimum atomic E-state index is -0.184. The van der Waals surface area contributed by atoms with Crippen molar-refractivity contribution in [1.82, 2.24) is 24.5 Å². The van der Waals surface area contributed by atoms with Crippen molar-refractivity contribution in [2.24, 2.45) is 5.92 Å². The third kappa shape index (κ3) is 5.84. The molecular weight excluding hydrogens is 676 g/mol. The second kappa shape index (κ2) is 12.6. The molecule has 8 rings (SSSR count). The lowest BCUT2D eigenvalue weighted by Gasteiger charge is -2.23. The summed E-state index contributed by atoms with van der Waals surface area (Å²) in [7, 11) is 0. The Morgan fingerprint density at radius 2 is 1.70 bits per heavy atom. The lowest BCUT2D eigenvalue weighted by Crippen LogP contribution is -2.40. The number of thiazole rings is 1. The van der Waals surface area contributed by atoms with Crippen molar-refractivity contribution >= 4 is 73.2 Å². The Bertz CT molecular complexity index is 2350. The summed E-state index contributed by atoms with van der Waals surface area (Å²) in [6.07, 6.45) is 8.37. The number of aromatic nitrogens is 5. The molecule has 0 spiro atoms. The van der Waals surface area contributed by atoms with Gasteiger partial charge in [-0.15, -0.1) is 11.3 Å². The van der Waals surface area contributed by atoms with E-state index < -0.39 is 0 Å². The molecule has 11 heteroatoms. The van der Waals surface area contributed by atoms with Gasteiger partial charge in [-0.25, -0.2) is 19.9 Å². The van der Waals surface area contributed by atoms with Crippen molar-refractivity contribution in [1.29, 1.82) is 0 Å². The zero-order valence-corrected chi connectivity index (χ0v) is 27.7. The number of carbonyl (C=O) groups excluding carboxylic acids is 3. The highest BCUT2D eigenvalue weighted by Crippen LogP contribution is 2.31. The molecule has 2 unspecified atom stereocenters. The van der Waals surface area contributed by atoms with Gasteiger partial charge in [-0.05, 0) is 39.3 Å². The fourth-order valence-electron chi connectivity index (χ4n) is 6.00. The summed E-state index contributed by atoms with van der Waals surface area (Å²) in [4.78, 5) is 53.6. The molecule has 0 saturated heterocycles. The average Bonchev–Trinajstić information content (AvgIpc) is 3.71. The monoisotopic (exact) mass is 702 g/mol. The van der Waals surface area contributed by atoms with Crippen LogP contribution in [0.3, 0.4) is 0 Å². The number of hydrogen-bond acceptors (Lipinski definition) is 8. The number of rotatable bonds is 4. The first-order valence-corrected chi connectivity index (χ1v) is 16.6.